The Morgan fingerprint density at radius 3 is 2.20 bits per heavy atom. The van der Waals surface area contributed by atoms with Gasteiger partial charge in [0.15, 0.2) is 11.6 Å². The van der Waals surface area contributed by atoms with Crippen LogP contribution in [0.1, 0.15) is 66.8 Å². The molecule has 1 unspecified atom stereocenters. The quantitative estimate of drug-likeness (QED) is 0.184. The molecule has 0 saturated heterocycles. The van der Waals surface area contributed by atoms with Gasteiger partial charge < -0.3 is 4.74 Å². The molecule has 0 radical (unpaired) electrons. The van der Waals surface area contributed by atoms with Crippen molar-refractivity contribution >= 4 is 16.7 Å². The van der Waals surface area contributed by atoms with Crippen LogP contribution in [0.5, 0.6) is 5.75 Å². The lowest BCUT2D eigenvalue weighted by atomic mass is 9.79. The van der Waals surface area contributed by atoms with E-state index in [4.69, 9.17) is 14.7 Å². The van der Waals surface area contributed by atoms with E-state index in [-0.39, 0.29) is 6.10 Å². The Balaban J connectivity index is 1.01. The maximum absolute atomic E-state index is 6.48. The first-order chi connectivity index (χ1) is 24.8. The van der Waals surface area contributed by atoms with Gasteiger partial charge in [-0.15, -0.1) is 0 Å². The second-order valence-corrected chi connectivity index (χ2v) is 14.2. The summed E-state index contributed by atoms with van der Waals surface area (Å²) < 4.78 is 6.48. The van der Waals surface area contributed by atoms with Crippen molar-refractivity contribution in [3.05, 3.63) is 168 Å². The van der Waals surface area contributed by atoms with Crippen molar-refractivity contribution in [1.29, 1.82) is 0 Å². The number of rotatable bonds is 6. The number of allylic oxidation sites excluding steroid dienone is 8. The monoisotopic (exact) mass is 646 g/mol. The van der Waals surface area contributed by atoms with Crippen LogP contribution in [0.2, 0.25) is 0 Å². The zero-order valence-electron chi connectivity index (χ0n) is 28.1. The normalized spacial score (nSPS) is 20.4. The maximum atomic E-state index is 6.48. The summed E-state index contributed by atoms with van der Waals surface area (Å²) in [5.74, 6) is 2.61. The minimum Gasteiger partial charge on any atom is -0.481 e. The molecule has 0 bridgehead atoms. The van der Waals surface area contributed by atoms with Crippen molar-refractivity contribution in [1.82, 2.24) is 9.97 Å². The SMILES string of the molecule is C1=CCC2Oc3c(nc(-c4cccc(-c5cccc(C6=CC(c7ccccc7C7CCCCC7)=C[C@H]7C=C67)c5)c4)nc3-c3ccccc3)C2=C1. The third-order valence-corrected chi connectivity index (χ3v) is 11.1. The van der Waals surface area contributed by atoms with Crippen LogP contribution < -0.4 is 4.74 Å². The number of benzene rings is 4. The molecule has 3 nitrogen and oxygen atoms in total. The van der Waals surface area contributed by atoms with E-state index in [0.717, 1.165) is 45.8 Å². The molecule has 50 heavy (non-hydrogen) atoms. The van der Waals surface area contributed by atoms with Crippen LogP contribution >= 0.6 is 0 Å². The Bertz CT molecular complexity index is 2320. The number of hydrogen-bond acceptors (Lipinski definition) is 3. The zero-order chi connectivity index (χ0) is 33.0. The van der Waals surface area contributed by atoms with Gasteiger partial charge >= 0.3 is 0 Å². The van der Waals surface area contributed by atoms with E-state index in [1.54, 1.807) is 0 Å². The predicted molar refractivity (Wildman–Crippen MR) is 204 cm³/mol. The molecule has 10 rings (SSSR count). The second kappa shape index (κ2) is 12.1. The maximum Gasteiger partial charge on any atom is 0.172 e. The van der Waals surface area contributed by atoms with Crippen LogP contribution in [-0.2, 0) is 0 Å². The summed E-state index contributed by atoms with van der Waals surface area (Å²) >= 11 is 0. The lowest BCUT2D eigenvalue weighted by Gasteiger charge is -2.25. The summed E-state index contributed by atoms with van der Waals surface area (Å²) in [6.45, 7) is 0. The molecule has 4 aromatic carbocycles. The number of aromatic nitrogens is 2. The van der Waals surface area contributed by atoms with Gasteiger partial charge in [-0.1, -0.05) is 141 Å². The molecule has 2 heterocycles. The molecule has 5 aromatic rings. The highest BCUT2D eigenvalue weighted by molar-refractivity contribution is 5.98. The highest BCUT2D eigenvalue weighted by Crippen LogP contribution is 2.50. The predicted octanol–water partition coefficient (Wildman–Crippen LogP) is 11.7. The summed E-state index contributed by atoms with van der Waals surface area (Å²) in [5.41, 5.74) is 15.6. The molecule has 3 heteroatoms. The van der Waals surface area contributed by atoms with Crippen molar-refractivity contribution in [3.8, 4) is 39.5 Å². The fraction of sp³-hybridized carbons (Fsp3) is 0.191. The first-order valence-electron chi connectivity index (χ1n) is 18.2. The highest BCUT2D eigenvalue weighted by atomic mass is 16.5. The van der Waals surface area contributed by atoms with Crippen molar-refractivity contribution in [2.45, 2.75) is 50.5 Å². The third-order valence-electron chi connectivity index (χ3n) is 11.1. The molecule has 1 fully saturated rings. The molecular weight excluding hydrogens is 609 g/mol. The second-order valence-electron chi connectivity index (χ2n) is 14.2. The van der Waals surface area contributed by atoms with E-state index in [9.17, 15) is 0 Å². The molecule has 0 amide bonds. The number of fused-ring (bicyclic) bond motifs is 4. The zero-order valence-corrected chi connectivity index (χ0v) is 28.1. The van der Waals surface area contributed by atoms with Crippen molar-refractivity contribution in [2.75, 3.05) is 0 Å². The molecule has 4 aliphatic carbocycles. The van der Waals surface area contributed by atoms with Crippen LogP contribution in [0.15, 0.2) is 145 Å². The molecule has 1 aliphatic heterocycles. The summed E-state index contributed by atoms with van der Waals surface area (Å²) in [4.78, 5) is 10.3. The first-order valence-corrected chi connectivity index (χ1v) is 18.2. The molecule has 1 aromatic heterocycles. The Hall–Kier alpha value is -5.54. The molecule has 0 spiro atoms. The molecule has 2 atom stereocenters. The molecule has 1 saturated carbocycles. The minimum absolute atomic E-state index is 0.0116. The van der Waals surface area contributed by atoms with Gasteiger partial charge in [-0.3, -0.25) is 0 Å². The number of hydrogen-bond donors (Lipinski definition) is 0. The average Bonchev–Trinajstić information content (AvgIpc) is 3.89. The van der Waals surface area contributed by atoms with Gasteiger partial charge in [-0.05, 0) is 81.5 Å². The van der Waals surface area contributed by atoms with Crippen molar-refractivity contribution < 1.29 is 4.74 Å². The number of ether oxygens (including phenoxy) is 1. The van der Waals surface area contributed by atoms with Crippen molar-refractivity contribution in [2.24, 2.45) is 5.92 Å². The van der Waals surface area contributed by atoms with Gasteiger partial charge in [0.1, 0.15) is 17.5 Å². The van der Waals surface area contributed by atoms with Gasteiger partial charge in [0.05, 0.1) is 0 Å². The van der Waals surface area contributed by atoms with E-state index in [1.165, 1.54) is 71.1 Å². The fourth-order valence-corrected chi connectivity index (χ4v) is 8.46. The van der Waals surface area contributed by atoms with Crippen LogP contribution in [-0.4, -0.2) is 16.1 Å². The molecule has 0 N–H and O–H groups in total. The molecule has 5 aliphatic rings. The topological polar surface area (TPSA) is 35.0 Å². The van der Waals surface area contributed by atoms with E-state index in [0.29, 0.717) is 17.7 Å². The van der Waals surface area contributed by atoms with Crippen LogP contribution in [0, 0.1) is 5.92 Å². The van der Waals surface area contributed by atoms with Crippen LogP contribution in [0.4, 0.5) is 0 Å². The van der Waals surface area contributed by atoms with E-state index in [2.05, 4.69) is 134 Å². The van der Waals surface area contributed by atoms with Gasteiger partial charge in [0, 0.05) is 29.0 Å². The average molecular weight is 647 g/mol. The van der Waals surface area contributed by atoms with Gasteiger partial charge in [0.2, 0.25) is 0 Å². The Labute approximate surface area is 294 Å². The lowest BCUT2D eigenvalue weighted by molar-refractivity contribution is 0.279. The van der Waals surface area contributed by atoms with E-state index < -0.39 is 0 Å². The van der Waals surface area contributed by atoms with Crippen LogP contribution in [0.25, 0.3) is 50.5 Å². The Morgan fingerprint density at radius 2 is 1.34 bits per heavy atom. The Morgan fingerprint density at radius 1 is 0.620 bits per heavy atom. The smallest absolute Gasteiger partial charge is 0.172 e. The number of nitrogens with zero attached hydrogens (tertiary/aromatic N) is 2. The highest BCUT2D eigenvalue weighted by Gasteiger charge is 2.35. The van der Waals surface area contributed by atoms with E-state index >= 15 is 0 Å². The largest absolute Gasteiger partial charge is 0.481 e. The third kappa shape index (κ3) is 5.20. The van der Waals surface area contributed by atoms with Gasteiger partial charge in [-0.2, -0.15) is 0 Å². The molecule has 242 valence electrons. The van der Waals surface area contributed by atoms with Crippen LogP contribution in [0.3, 0.4) is 0 Å². The summed E-state index contributed by atoms with van der Waals surface area (Å²) in [6.07, 6.45) is 21.3. The van der Waals surface area contributed by atoms with E-state index in [1.807, 2.05) is 6.07 Å². The van der Waals surface area contributed by atoms with Gasteiger partial charge in [0.25, 0.3) is 0 Å². The van der Waals surface area contributed by atoms with Gasteiger partial charge in [-0.25, -0.2) is 9.97 Å². The summed E-state index contributed by atoms with van der Waals surface area (Å²) in [6, 6.07) is 37.2. The van der Waals surface area contributed by atoms with Crippen molar-refractivity contribution in [3.63, 3.8) is 0 Å². The minimum atomic E-state index is -0.0116. The fourth-order valence-electron chi connectivity index (χ4n) is 8.46. The first kappa shape index (κ1) is 29.4. The summed E-state index contributed by atoms with van der Waals surface area (Å²) in [5, 5.41) is 0. The standard InChI is InChI=1S/C47H38N2O/c1-3-13-30(14-4-1)38-21-7-8-22-39(38)36-27-37-29-42(37)41(28-36)34-19-11-17-32(25-34)33-18-12-20-35(26-33)47-48-44(31-15-5-2-6-16-31)46-45(49-47)40-23-9-10-24-43(40)50-46/h2,5-12,15-23,25-30,37,43H,1,3-4,13-14,24H2/t37-,43?/m0/s1. The Kier molecular flexibility index (Phi) is 7.11. The molecular formula is C47H38N2O. The summed E-state index contributed by atoms with van der Waals surface area (Å²) in [7, 11) is 0. The lowest BCUT2D eigenvalue weighted by Crippen LogP contribution is -2.12.